The molecule has 0 radical (unpaired) electrons. The standard InChI is InChI=1S/C21H22BrN3O3/c1-2-3-7-12-25-18-13-15(22)10-11-17(18)20(21(25)27)24-23-19(26)14-28-16-8-5-4-6-9-16/h4-6,8-11,13,27H,2-3,7,12,14H2,1H3. The Bertz CT molecular complexity index is 983. The zero-order chi connectivity index (χ0) is 19.9. The lowest BCUT2D eigenvalue weighted by Crippen LogP contribution is -2.07. The van der Waals surface area contributed by atoms with E-state index in [1.165, 1.54) is 0 Å². The van der Waals surface area contributed by atoms with Crippen LogP contribution in [0.4, 0.5) is 5.69 Å². The van der Waals surface area contributed by atoms with E-state index in [0.29, 0.717) is 18.0 Å². The smallest absolute Gasteiger partial charge is 0.302 e. The number of halogens is 1. The number of rotatable bonds is 8. The number of amides is 1. The first-order valence-electron chi connectivity index (χ1n) is 9.23. The molecule has 0 saturated heterocycles. The van der Waals surface area contributed by atoms with E-state index in [2.05, 4.69) is 33.1 Å². The predicted octanol–water partition coefficient (Wildman–Crippen LogP) is 5.99. The van der Waals surface area contributed by atoms with E-state index in [1.54, 1.807) is 12.1 Å². The summed E-state index contributed by atoms with van der Waals surface area (Å²) in [4.78, 5) is 12.0. The number of aromatic nitrogens is 1. The Morgan fingerprint density at radius 1 is 1.18 bits per heavy atom. The minimum Gasteiger partial charge on any atom is -0.493 e. The lowest BCUT2D eigenvalue weighted by Gasteiger charge is -2.06. The lowest BCUT2D eigenvalue weighted by molar-refractivity contribution is -0.120. The number of aromatic hydroxyl groups is 1. The van der Waals surface area contributed by atoms with Gasteiger partial charge in [-0.2, -0.15) is 0 Å². The summed E-state index contributed by atoms with van der Waals surface area (Å²) in [5.41, 5.74) is 1.15. The van der Waals surface area contributed by atoms with Gasteiger partial charge in [0.2, 0.25) is 5.88 Å². The van der Waals surface area contributed by atoms with Crippen LogP contribution in [0.5, 0.6) is 11.6 Å². The molecule has 6 nitrogen and oxygen atoms in total. The molecule has 1 heterocycles. The number of hydrogen-bond donors (Lipinski definition) is 1. The molecule has 0 unspecified atom stereocenters. The summed E-state index contributed by atoms with van der Waals surface area (Å²) >= 11 is 3.47. The number of carbonyl (C=O) groups is 1. The van der Waals surface area contributed by atoms with Gasteiger partial charge in [-0.3, -0.25) is 4.79 Å². The van der Waals surface area contributed by atoms with E-state index < -0.39 is 5.91 Å². The van der Waals surface area contributed by atoms with E-state index in [0.717, 1.165) is 34.6 Å². The molecule has 2 aromatic carbocycles. The lowest BCUT2D eigenvalue weighted by atomic mass is 10.2. The first-order valence-corrected chi connectivity index (χ1v) is 10.0. The van der Waals surface area contributed by atoms with Gasteiger partial charge in [0.25, 0.3) is 0 Å². The molecule has 1 aromatic heterocycles. The summed E-state index contributed by atoms with van der Waals surface area (Å²) in [5.74, 6) is 0.0863. The highest BCUT2D eigenvalue weighted by Crippen LogP contribution is 2.40. The topological polar surface area (TPSA) is 76.2 Å². The van der Waals surface area contributed by atoms with Gasteiger partial charge < -0.3 is 14.4 Å². The third kappa shape index (κ3) is 4.78. The highest BCUT2D eigenvalue weighted by Gasteiger charge is 2.17. The number of unbranched alkanes of at least 4 members (excludes halogenated alkanes) is 2. The van der Waals surface area contributed by atoms with Crippen LogP contribution in [0.2, 0.25) is 0 Å². The second-order valence-corrected chi connectivity index (χ2v) is 7.30. The second-order valence-electron chi connectivity index (χ2n) is 6.39. The van der Waals surface area contributed by atoms with E-state index in [4.69, 9.17) is 4.74 Å². The Kier molecular flexibility index (Phi) is 6.81. The van der Waals surface area contributed by atoms with Crippen molar-refractivity contribution in [2.24, 2.45) is 10.2 Å². The molecular formula is C21H22BrN3O3. The summed E-state index contributed by atoms with van der Waals surface area (Å²) in [5, 5.41) is 19.2. The molecule has 0 aliphatic carbocycles. The highest BCUT2D eigenvalue weighted by molar-refractivity contribution is 9.10. The molecule has 0 fully saturated rings. The number of ether oxygens (including phenoxy) is 1. The van der Waals surface area contributed by atoms with Crippen molar-refractivity contribution in [2.45, 2.75) is 32.7 Å². The average Bonchev–Trinajstić information content (AvgIpc) is 2.96. The molecule has 146 valence electrons. The highest BCUT2D eigenvalue weighted by atomic mass is 79.9. The fourth-order valence-electron chi connectivity index (χ4n) is 2.93. The van der Waals surface area contributed by atoms with Crippen LogP contribution >= 0.6 is 15.9 Å². The number of hydrogen-bond acceptors (Lipinski definition) is 4. The Hall–Kier alpha value is -2.67. The number of nitrogens with zero attached hydrogens (tertiary/aromatic N) is 3. The third-order valence-electron chi connectivity index (χ3n) is 4.33. The maximum atomic E-state index is 12.0. The first kappa shape index (κ1) is 20.1. The molecule has 1 amide bonds. The molecule has 3 aromatic rings. The molecule has 3 rings (SSSR count). The number of azo groups is 1. The molecule has 0 aliphatic heterocycles. The van der Waals surface area contributed by atoms with Crippen molar-refractivity contribution in [1.29, 1.82) is 0 Å². The number of fused-ring (bicyclic) bond motifs is 1. The zero-order valence-corrected chi connectivity index (χ0v) is 17.2. The normalized spacial score (nSPS) is 11.4. The number of aryl methyl sites for hydroxylation is 1. The van der Waals surface area contributed by atoms with Crippen molar-refractivity contribution >= 4 is 38.4 Å². The van der Waals surface area contributed by atoms with Gasteiger partial charge in [0.1, 0.15) is 5.75 Å². The van der Waals surface area contributed by atoms with Crippen LogP contribution in [0.15, 0.2) is 63.2 Å². The quantitative estimate of drug-likeness (QED) is 0.343. The van der Waals surface area contributed by atoms with Crippen LogP contribution in [0.3, 0.4) is 0 Å². The van der Waals surface area contributed by atoms with Gasteiger partial charge in [-0.1, -0.05) is 53.9 Å². The van der Waals surface area contributed by atoms with Crippen molar-refractivity contribution in [3.05, 3.63) is 53.0 Å². The Labute approximate surface area is 172 Å². The van der Waals surface area contributed by atoms with Gasteiger partial charge in [0.15, 0.2) is 12.3 Å². The SMILES string of the molecule is CCCCCn1c(O)c(N=NC(=O)COc2ccccc2)c2ccc(Br)cc21. The largest absolute Gasteiger partial charge is 0.493 e. The van der Waals surface area contributed by atoms with Crippen molar-refractivity contribution in [2.75, 3.05) is 6.61 Å². The van der Waals surface area contributed by atoms with Crippen molar-refractivity contribution in [3.8, 4) is 11.6 Å². The molecule has 0 saturated carbocycles. The van der Waals surface area contributed by atoms with Gasteiger partial charge in [-0.05, 0) is 36.8 Å². The summed E-state index contributed by atoms with van der Waals surface area (Å²) < 4.78 is 8.11. The van der Waals surface area contributed by atoms with E-state index >= 15 is 0 Å². The minimum absolute atomic E-state index is 0.0183. The summed E-state index contributed by atoms with van der Waals surface area (Å²) in [6.45, 7) is 2.59. The summed E-state index contributed by atoms with van der Waals surface area (Å²) in [7, 11) is 0. The van der Waals surface area contributed by atoms with E-state index in [1.807, 2.05) is 41.0 Å². The van der Waals surface area contributed by atoms with Crippen LogP contribution in [-0.4, -0.2) is 22.2 Å². The monoisotopic (exact) mass is 443 g/mol. The van der Waals surface area contributed by atoms with Crippen LogP contribution in [0.1, 0.15) is 26.2 Å². The predicted molar refractivity (Wildman–Crippen MR) is 112 cm³/mol. The average molecular weight is 444 g/mol. The fraction of sp³-hybridized carbons (Fsp3) is 0.286. The number of para-hydroxylation sites is 1. The van der Waals surface area contributed by atoms with Crippen LogP contribution in [0, 0.1) is 0 Å². The maximum absolute atomic E-state index is 12.0. The van der Waals surface area contributed by atoms with E-state index in [9.17, 15) is 9.90 Å². The maximum Gasteiger partial charge on any atom is 0.302 e. The fourth-order valence-corrected chi connectivity index (χ4v) is 3.28. The van der Waals surface area contributed by atoms with Gasteiger partial charge in [-0.25, -0.2) is 0 Å². The second kappa shape index (κ2) is 9.50. The van der Waals surface area contributed by atoms with Gasteiger partial charge in [0, 0.05) is 16.4 Å². The molecule has 0 bridgehead atoms. The van der Waals surface area contributed by atoms with Crippen molar-refractivity contribution in [1.82, 2.24) is 4.57 Å². The zero-order valence-electron chi connectivity index (χ0n) is 15.6. The van der Waals surface area contributed by atoms with Crippen LogP contribution in [0.25, 0.3) is 10.9 Å². The first-order chi connectivity index (χ1) is 13.6. The van der Waals surface area contributed by atoms with Crippen molar-refractivity contribution in [3.63, 3.8) is 0 Å². The Morgan fingerprint density at radius 2 is 1.96 bits per heavy atom. The molecule has 0 aliphatic rings. The molecule has 7 heteroatoms. The minimum atomic E-state index is -0.521. The van der Waals surface area contributed by atoms with E-state index in [-0.39, 0.29) is 12.5 Å². The summed E-state index contributed by atoms with van der Waals surface area (Å²) in [6.07, 6.45) is 3.10. The van der Waals surface area contributed by atoms with Crippen LogP contribution in [-0.2, 0) is 11.3 Å². The Balaban J connectivity index is 1.80. The third-order valence-corrected chi connectivity index (χ3v) is 4.82. The Morgan fingerprint density at radius 3 is 2.71 bits per heavy atom. The van der Waals surface area contributed by atoms with Gasteiger partial charge in [0.05, 0.1) is 5.52 Å². The number of benzene rings is 2. The number of carbonyl (C=O) groups excluding carboxylic acids is 1. The molecule has 0 spiro atoms. The molecule has 0 atom stereocenters. The molecule has 28 heavy (non-hydrogen) atoms. The molecule has 1 N–H and O–H groups in total. The van der Waals surface area contributed by atoms with Gasteiger partial charge in [-0.15, -0.1) is 10.2 Å². The van der Waals surface area contributed by atoms with Gasteiger partial charge >= 0.3 is 5.91 Å². The molecular weight excluding hydrogens is 422 g/mol. The summed E-state index contributed by atoms with van der Waals surface area (Å²) in [6, 6.07) is 14.7. The van der Waals surface area contributed by atoms with Crippen molar-refractivity contribution < 1.29 is 14.6 Å². The van der Waals surface area contributed by atoms with Crippen LogP contribution < -0.4 is 4.74 Å².